The molecule has 4 atom stereocenters. The second-order valence-corrected chi connectivity index (χ2v) is 10.8. The summed E-state index contributed by atoms with van der Waals surface area (Å²) in [4.78, 5) is 11.2. The van der Waals surface area contributed by atoms with E-state index in [4.69, 9.17) is 20.9 Å². The van der Waals surface area contributed by atoms with Crippen molar-refractivity contribution in [2.75, 3.05) is 13.6 Å². The predicted molar refractivity (Wildman–Crippen MR) is 134 cm³/mol. The second kappa shape index (κ2) is 8.45. The lowest BCUT2D eigenvalue weighted by molar-refractivity contribution is -0.0554. The van der Waals surface area contributed by atoms with E-state index in [9.17, 15) is 0 Å². The zero-order valence-corrected chi connectivity index (χ0v) is 21.5. The Morgan fingerprint density at radius 3 is 2.94 bits per heavy atom. The van der Waals surface area contributed by atoms with Gasteiger partial charge in [0, 0.05) is 64.4 Å². The maximum Gasteiger partial charge on any atom is 0.252 e. The van der Waals surface area contributed by atoms with Crippen LogP contribution in [0.3, 0.4) is 0 Å². The molecule has 1 unspecified atom stereocenters. The highest BCUT2D eigenvalue weighted by atomic mass is 79.9. The van der Waals surface area contributed by atoms with E-state index in [2.05, 4.69) is 72.7 Å². The molecule has 34 heavy (non-hydrogen) atoms. The second-order valence-electron chi connectivity index (χ2n) is 9.52. The topological polar surface area (TPSA) is 69.2 Å². The molecule has 1 aliphatic heterocycles. The van der Waals surface area contributed by atoms with Crippen LogP contribution in [-0.2, 0) is 18.4 Å². The number of hydrogen-bond donors (Lipinski definition) is 0. The third-order valence-electron chi connectivity index (χ3n) is 7.21. The highest BCUT2D eigenvalue weighted by molar-refractivity contribution is 9.10. The molecule has 6 rings (SSSR count). The van der Waals surface area contributed by atoms with Crippen molar-refractivity contribution < 1.29 is 9.26 Å². The predicted octanol–water partition coefficient (Wildman–Crippen LogP) is 5.73. The van der Waals surface area contributed by atoms with Crippen LogP contribution in [0.1, 0.15) is 42.4 Å². The highest BCUT2D eigenvalue weighted by Crippen LogP contribution is 2.52. The molecule has 0 radical (unpaired) electrons. The molecule has 1 saturated heterocycles. The van der Waals surface area contributed by atoms with Crippen molar-refractivity contribution in [2.24, 2.45) is 13.0 Å². The summed E-state index contributed by atoms with van der Waals surface area (Å²) in [6, 6.07) is 8.64. The molecule has 0 amide bonds. The number of aryl methyl sites for hydroxylation is 1. The number of likely N-dealkylation sites (N-methyl/N-ethyl adjacent to an activating group) is 1. The van der Waals surface area contributed by atoms with Gasteiger partial charge in [0.05, 0.1) is 0 Å². The minimum Gasteiger partial charge on any atom is -0.362 e. The fraction of sp³-hybridized carbons (Fsp3) is 0.400. The molecule has 0 N–H and O–H groups in total. The van der Waals surface area contributed by atoms with Crippen LogP contribution in [-0.4, -0.2) is 44.2 Å². The van der Waals surface area contributed by atoms with Crippen LogP contribution in [0.2, 0.25) is 5.15 Å². The first-order valence-corrected chi connectivity index (χ1v) is 12.6. The Balaban J connectivity index is 1.37. The standard InChI is InChI=1S/C25H25BrClN5O2/c1-13-7-17-16-5-4-6-18-20(16)21(24(27)32(18)3)23(22(17)31(2)11-13)33-12-19-29-25(30-34-19)14-8-15(26)10-28-9-14/h4-6,8-10,13,17,22-23H,7,11-12H2,1-3H3/t13-,17-,22+,23?/m1/s1. The van der Waals surface area contributed by atoms with Gasteiger partial charge in [-0.05, 0) is 53.0 Å². The Kier molecular flexibility index (Phi) is 5.52. The zero-order chi connectivity index (χ0) is 23.6. The first-order valence-electron chi connectivity index (χ1n) is 11.4. The molecule has 176 valence electrons. The zero-order valence-electron chi connectivity index (χ0n) is 19.2. The summed E-state index contributed by atoms with van der Waals surface area (Å²) in [6.45, 7) is 3.56. The largest absolute Gasteiger partial charge is 0.362 e. The number of halogens is 2. The Bertz CT molecular complexity index is 1390. The SMILES string of the molecule is C[C@@H]1C[C@@H]2c3cccc4c3c(c(Cl)n4C)C(OCc3nc(-c4cncc(Br)c4)no3)[C@H]2N(C)C1. The minimum absolute atomic E-state index is 0.186. The van der Waals surface area contributed by atoms with Crippen molar-refractivity contribution in [3.05, 3.63) is 63.3 Å². The lowest BCUT2D eigenvalue weighted by Crippen LogP contribution is -2.50. The van der Waals surface area contributed by atoms with Gasteiger partial charge in [-0.1, -0.05) is 35.8 Å². The number of nitrogens with zero attached hydrogens (tertiary/aromatic N) is 5. The third kappa shape index (κ3) is 3.50. The molecule has 9 heteroatoms. The molecular formula is C25H25BrClN5O2. The van der Waals surface area contributed by atoms with Gasteiger partial charge in [0.2, 0.25) is 5.82 Å². The van der Waals surface area contributed by atoms with Crippen molar-refractivity contribution in [3.8, 4) is 11.4 Å². The molecule has 1 aromatic carbocycles. The average Bonchev–Trinajstić information content (AvgIpc) is 3.39. The summed E-state index contributed by atoms with van der Waals surface area (Å²) in [5.74, 6) is 1.91. The lowest BCUT2D eigenvalue weighted by Gasteiger charge is -2.48. The Labute approximate surface area is 211 Å². The molecule has 7 nitrogen and oxygen atoms in total. The maximum atomic E-state index is 6.93. The number of benzene rings is 1. The van der Waals surface area contributed by atoms with Gasteiger partial charge in [-0.25, -0.2) is 0 Å². The van der Waals surface area contributed by atoms with Gasteiger partial charge in [0.15, 0.2) is 0 Å². The lowest BCUT2D eigenvalue weighted by atomic mass is 9.71. The molecule has 4 heterocycles. The molecule has 3 aromatic heterocycles. The Morgan fingerprint density at radius 2 is 2.12 bits per heavy atom. The number of hydrogen-bond acceptors (Lipinski definition) is 6. The van der Waals surface area contributed by atoms with Crippen LogP contribution in [0.4, 0.5) is 0 Å². The van der Waals surface area contributed by atoms with E-state index in [0.717, 1.165) is 39.2 Å². The van der Waals surface area contributed by atoms with Crippen molar-refractivity contribution in [1.29, 1.82) is 0 Å². The van der Waals surface area contributed by atoms with Crippen LogP contribution >= 0.6 is 27.5 Å². The number of pyridine rings is 1. The number of likely N-dealkylation sites (tertiary alicyclic amines) is 1. The first-order chi connectivity index (χ1) is 16.4. The normalized spacial score (nSPS) is 24.5. The molecule has 4 aromatic rings. The number of rotatable bonds is 4. The summed E-state index contributed by atoms with van der Waals surface area (Å²) < 4.78 is 15.1. The third-order valence-corrected chi connectivity index (χ3v) is 8.10. The van der Waals surface area contributed by atoms with Gasteiger partial charge in [-0.15, -0.1) is 0 Å². The van der Waals surface area contributed by atoms with E-state index in [1.807, 2.05) is 13.1 Å². The molecule has 0 spiro atoms. The number of ether oxygens (including phenoxy) is 1. The molecule has 0 bridgehead atoms. The van der Waals surface area contributed by atoms with E-state index in [0.29, 0.717) is 23.6 Å². The quantitative estimate of drug-likeness (QED) is 0.328. The summed E-state index contributed by atoms with van der Waals surface area (Å²) in [6.07, 6.45) is 4.36. The van der Waals surface area contributed by atoms with Gasteiger partial charge < -0.3 is 13.8 Å². The Hall–Kier alpha value is -2.26. The van der Waals surface area contributed by atoms with Crippen molar-refractivity contribution in [3.63, 3.8) is 0 Å². The van der Waals surface area contributed by atoms with Crippen LogP contribution in [0.25, 0.3) is 22.3 Å². The smallest absolute Gasteiger partial charge is 0.252 e. The summed E-state index contributed by atoms with van der Waals surface area (Å²) in [7, 11) is 4.21. The van der Waals surface area contributed by atoms with E-state index in [1.54, 1.807) is 12.4 Å². The maximum absolute atomic E-state index is 6.93. The van der Waals surface area contributed by atoms with Gasteiger partial charge in [0.25, 0.3) is 5.89 Å². The number of fused-ring (bicyclic) bond motifs is 2. The number of aromatic nitrogens is 4. The van der Waals surface area contributed by atoms with Gasteiger partial charge in [-0.2, -0.15) is 4.98 Å². The van der Waals surface area contributed by atoms with Crippen molar-refractivity contribution >= 4 is 38.4 Å². The molecule has 1 fully saturated rings. The fourth-order valence-corrected chi connectivity index (χ4v) is 6.55. The summed E-state index contributed by atoms with van der Waals surface area (Å²) in [5.41, 5.74) is 4.37. The number of piperidine rings is 1. The average molecular weight is 543 g/mol. The molecular weight excluding hydrogens is 518 g/mol. The van der Waals surface area contributed by atoms with E-state index in [-0.39, 0.29) is 18.8 Å². The van der Waals surface area contributed by atoms with Gasteiger partial charge in [0.1, 0.15) is 17.9 Å². The van der Waals surface area contributed by atoms with Gasteiger partial charge >= 0.3 is 0 Å². The molecule has 2 aliphatic rings. The van der Waals surface area contributed by atoms with E-state index in [1.165, 1.54) is 10.9 Å². The van der Waals surface area contributed by atoms with Crippen molar-refractivity contribution in [2.45, 2.75) is 38.0 Å². The van der Waals surface area contributed by atoms with Gasteiger partial charge in [-0.3, -0.25) is 9.88 Å². The van der Waals surface area contributed by atoms with Crippen LogP contribution in [0.15, 0.2) is 45.7 Å². The van der Waals surface area contributed by atoms with Crippen LogP contribution in [0.5, 0.6) is 0 Å². The molecule has 1 aliphatic carbocycles. The Morgan fingerprint density at radius 1 is 1.26 bits per heavy atom. The minimum atomic E-state index is -0.198. The fourth-order valence-electron chi connectivity index (χ4n) is 5.89. The molecule has 0 saturated carbocycles. The van der Waals surface area contributed by atoms with E-state index < -0.39 is 0 Å². The monoisotopic (exact) mass is 541 g/mol. The summed E-state index contributed by atoms with van der Waals surface area (Å²) in [5, 5.41) is 6.08. The van der Waals surface area contributed by atoms with Crippen molar-refractivity contribution in [1.82, 2.24) is 24.6 Å². The van der Waals surface area contributed by atoms with Crippen LogP contribution in [0, 0.1) is 5.92 Å². The first kappa shape index (κ1) is 22.2. The summed E-state index contributed by atoms with van der Waals surface area (Å²) >= 11 is 10.4. The van der Waals surface area contributed by atoms with E-state index >= 15 is 0 Å². The van der Waals surface area contributed by atoms with Crippen LogP contribution < -0.4 is 0 Å². The highest BCUT2D eigenvalue weighted by Gasteiger charge is 2.46.